The van der Waals surface area contributed by atoms with Crippen molar-refractivity contribution in [3.8, 4) is 0 Å². The van der Waals surface area contributed by atoms with Crippen molar-refractivity contribution < 1.29 is 18.3 Å². The number of alkyl halides is 2. The number of hydrogen-bond donors (Lipinski definition) is 2. The molecular weight excluding hydrogens is 169 g/mol. The molecule has 0 fully saturated rings. The van der Waals surface area contributed by atoms with Crippen molar-refractivity contribution in [1.29, 1.82) is 0 Å². The van der Waals surface area contributed by atoms with Gasteiger partial charge in [-0.2, -0.15) is 8.78 Å². The highest BCUT2D eigenvalue weighted by molar-refractivity contribution is 5.85. The quantitative estimate of drug-likeness (QED) is 0.351. The van der Waals surface area contributed by atoms with Gasteiger partial charge in [0.15, 0.2) is 0 Å². The summed E-state index contributed by atoms with van der Waals surface area (Å²) in [6.07, 6.45) is 0. The summed E-state index contributed by atoms with van der Waals surface area (Å²) < 4.78 is 25.7. The fourth-order valence-electron chi connectivity index (χ4n) is 0.180. The van der Waals surface area contributed by atoms with Gasteiger partial charge in [0, 0.05) is 0 Å². The Hall–Kier alpha value is -0.460. The summed E-state index contributed by atoms with van der Waals surface area (Å²) >= 11 is 0. The van der Waals surface area contributed by atoms with Crippen LogP contribution in [0.3, 0.4) is 0 Å². The molecule has 0 heterocycles. The summed E-state index contributed by atoms with van der Waals surface area (Å²) in [5, 5.41) is 0. The Labute approximate surface area is 62.1 Å². The van der Waals surface area contributed by atoms with Gasteiger partial charge in [-0.15, -0.1) is 12.4 Å². The number of rotatable bonds is 3. The average Bonchev–Trinajstić information content (AvgIpc) is 1.83. The van der Waals surface area contributed by atoms with Gasteiger partial charge in [0.05, 0.1) is 0 Å². The maximum absolute atomic E-state index is 11.1. The van der Waals surface area contributed by atoms with Gasteiger partial charge in [0.1, 0.15) is 6.61 Å². The molecule has 0 atom stereocenters. The number of nitrogens with one attached hydrogen (secondary N) is 1. The van der Waals surface area contributed by atoms with Crippen molar-refractivity contribution in [1.82, 2.24) is 5.43 Å². The fraction of sp³-hybridized carbons (Fsp3) is 0.667. The third-order valence-corrected chi connectivity index (χ3v) is 0.501. The van der Waals surface area contributed by atoms with Crippen LogP contribution in [-0.2, 0) is 9.53 Å². The molecule has 10 heavy (non-hydrogen) atoms. The molecule has 7 heteroatoms. The number of amides is 1. The molecule has 3 N–H and O–H groups in total. The molecule has 0 aliphatic heterocycles. The molecule has 0 aromatic heterocycles. The van der Waals surface area contributed by atoms with Gasteiger partial charge in [-0.05, 0) is 0 Å². The Bertz CT molecular complexity index is 103. The van der Waals surface area contributed by atoms with Crippen molar-refractivity contribution in [3.05, 3.63) is 0 Å². The van der Waals surface area contributed by atoms with E-state index in [4.69, 9.17) is 0 Å². The average molecular weight is 177 g/mol. The Kier molecular flexibility index (Phi) is 8.15. The highest BCUT2D eigenvalue weighted by atomic mass is 35.5. The summed E-state index contributed by atoms with van der Waals surface area (Å²) in [5.74, 6) is 3.75. The van der Waals surface area contributed by atoms with Gasteiger partial charge in [-0.25, -0.2) is 5.84 Å². The number of carbonyl (C=O) groups excluding carboxylic acids is 1. The van der Waals surface area contributed by atoms with Crippen molar-refractivity contribution in [2.45, 2.75) is 6.61 Å². The SMILES string of the molecule is Cl.NNC(=O)COC(F)F. The molecule has 0 bridgehead atoms. The minimum Gasteiger partial charge on any atom is -0.313 e. The van der Waals surface area contributed by atoms with Crippen molar-refractivity contribution in [2.24, 2.45) is 5.84 Å². The van der Waals surface area contributed by atoms with Crippen molar-refractivity contribution >= 4 is 18.3 Å². The molecule has 0 saturated carbocycles. The van der Waals surface area contributed by atoms with Gasteiger partial charge >= 0.3 is 6.61 Å². The minimum atomic E-state index is -2.93. The second-order valence-corrected chi connectivity index (χ2v) is 1.14. The van der Waals surface area contributed by atoms with Gasteiger partial charge in [0.2, 0.25) is 0 Å². The molecule has 0 unspecified atom stereocenters. The third kappa shape index (κ3) is 7.54. The van der Waals surface area contributed by atoms with Crippen LogP contribution in [0.5, 0.6) is 0 Å². The summed E-state index contributed by atoms with van der Waals surface area (Å²) in [5.41, 5.74) is 1.62. The number of nitrogens with two attached hydrogens (primary N) is 1. The van der Waals surface area contributed by atoms with Crippen LogP contribution in [0.15, 0.2) is 0 Å². The molecule has 0 aromatic rings. The Morgan fingerprint density at radius 3 is 2.50 bits per heavy atom. The largest absolute Gasteiger partial charge is 0.345 e. The smallest absolute Gasteiger partial charge is 0.313 e. The highest BCUT2D eigenvalue weighted by Crippen LogP contribution is 1.91. The lowest BCUT2D eigenvalue weighted by atomic mass is 10.7. The van der Waals surface area contributed by atoms with E-state index in [9.17, 15) is 13.6 Å². The summed E-state index contributed by atoms with van der Waals surface area (Å²) in [6, 6.07) is 0. The lowest BCUT2D eigenvalue weighted by Gasteiger charge is -1.98. The first-order valence-corrected chi connectivity index (χ1v) is 2.06. The molecule has 0 saturated heterocycles. The number of halogens is 3. The first-order chi connectivity index (χ1) is 4.16. The number of hydrazine groups is 1. The maximum Gasteiger partial charge on any atom is 0.345 e. The van der Waals surface area contributed by atoms with E-state index in [2.05, 4.69) is 10.6 Å². The molecule has 0 radical (unpaired) electrons. The molecule has 0 aromatic carbocycles. The molecule has 0 aliphatic rings. The lowest BCUT2D eigenvalue weighted by Crippen LogP contribution is -2.33. The monoisotopic (exact) mass is 176 g/mol. The molecule has 1 amide bonds. The van der Waals surface area contributed by atoms with Crippen LogP contribution in [-0.4, -0.2) is 19.1 Å². The Balaban J connectivity index is 0. The first-order valence-electron chi connectivity index (χ1n) is 2.06. The highest BCUT2D eigenvalue weighted by Gasteiger charge is 2.04. The second kappa shape index (κ2) is 6.66. The molecule has 0 aliphatic carbocycles. The third-order valence-electron chi connectivity index (χ3n) is 0.501. The van der Waals surface area contributed by atoms with Crippen LogP contribution in [0.2, 0.25) is 0 Å². The zero-order valence-corrected chi connectivity index (χ0v) is 5.66. The second-order valence-electron chi connectivity index (χ2n) is 1.14. The summed E-state index contributed by atoms with van der Waals surface area (Å²) in [7, 11) is 0. The lowest BCUT2D eigenvalue weighted by molar-refractivity contribution is -0.151. The van der Waals surface area contributed by atoms with Crippen LogP contribution < -0.4 is 11.3 Å². The van der Waals surface area contributed by atoms with E-state index in [0.717, 1.165) is 0 Å². The van der Waals surface area contributed by atoms with Gasteiger partial charge in [0.25, 0.3) is 5.91 Å². The van der Waals surface area contributed by atoms with Crippen molar-refractivity contribution in [2.75, 3.05) is 6.61 Å². The van der Waals surface area contributed by atoms with E-state index in [1.807, 2.05) is 0 Å². The topological polar surface area (TPSA) is 64.3 Å². The van der Waals surface area contributed by atoms with Crippen LogP contribution >= 0.6 is 12.4 Å². The van der Waals surface area contributed by atoms with Gasteiger partial charge in [-0.3, -0.25) is 10.2 Å². The normalized spacial score (nSPS) is 8.80. The molecule has 4 nitrogen and oxygen atoms in total. The van der Waals surface area contributed by atoms with Crippen LogP contribution in [0.4, 0.5) is 8.78 Å². The Morgan fingerprint density at radius 2 is 2.20 bits per heavy atom. The molecule has 0 rings (SSSR count). The van der Waals surface area contributed by atoms with E-state index < -0.39 is 19.1 Å². The zero-order chi connectivity index (χ0) is 7.28. The minimum absolute atomic E-state index is 0. The number of carbonyl (C=O) groups is 1. The van der Waals surface area contributed by atoms with Gasteiger partial charge in [-0.1, -0.05) is 0 Å². The van der Waals surface area contributed by atoms with Crippen LogP contribution in [0, 0.1) is 0 Å². The standard InChI is InChI=1S/C3H6F2N2O2.ClH/c4-3(5)9-1-2(8)7-6;/h3H,1,6H2,(H,7,8);1H. The van der Waals surface area contributed by atoms with Gasteiger partial charge < -0.3 is 4.74 Å². The van der Waals surface area contributed by atoms with Crippen LogP contribution in [0.1, 0.15) is 0 Å². The van der Waals surface area contributed by atoms with Crippen LogP contribution in [0.25, 0.3) is 0 Å². The number of ether oxygens (including phenoxy) is 1. The maximum atomic E-state index is 11.1. The predicted molar refractivity (Wildman–Crippen MR) is 31.5 cm³/mol. The fourth-order valence-corrected chi connectivity index (χ4v) is 0.180. The molecular formula is C3H7ClF2N2O2. The number of hydrogen-bond acceptors (Lipinski definition) is 3. The zero-order valence-electron chi connectivity index (χ0n) is 4.84. The van der Waals surface area contributed by atoms with E-state index in [1.165, 1.54) is 0 Å². The van der Waals surface area contributed by atoms with E-state index in [0.29, 0.717) is 0 Å². The summed E-state index contributed by atoms with van der Waals surface area (Å²) in [6.45, 7) is -3.64. The molecule has 0 spiro atoms. The first kappa shape index (κ1) is 12.2. The van der Waals surface area contributed by atoms with E-state index in [-0.39, 0.29) is 12.4 Å². The van der Waals surface area contributed by atoms with E-state index in [1.54, 1.807) is 5.43 Å². The summed E-state index contributed by atoms with van der Waals surface area (Å²) in [4.78, 5) is 10.0. The molecule has 62 valence electrons. The van der Waals surface area contributed by atoms with Crippen molar-refractivity contribution in [3.63, 3.8) is 0 Å². The Morgan fingerprint density at radius 1 is 1.70 bits per heavy atom. The predicted octanol–water partition coefficient (Wildman–Crippen LogP) is -0.363. The van der Waals surface area contributed by atoms with E-state index >= 15 is 0 Å².